The van der Waals surface area contributed by atoms with Gasteiger partial charge in [-0.2, -0.15) is 0 Å². The highest BCUT2D eigenvalue weighted by atomic mass is 35.5. The van der Waals surface area contributed by atoms with Crippen LogP contribution in [-0.2, 0) is 16.1 Å². The summed E-state index contributed by atoms with van der Waals surface area (Å²) in [6.45, 7) is 7.57. The van der Waals surface area contributed by atoms with Crippen LogP contribution in [0.1, 0.15) is 12.5 Å². The lowest BCUT2D eigenvalue weighted by molar-refractivity contribution is -0.148. The number of carbonyl (C=O) groups excluding carboxylic acids is 1. The first-order chi connectivity index (χ1) is 14.9. The molecule has 2 aromatic carbocycles. The molecule has 166 valence electrons. The maximum atomic E-state index is 11.7. The van der Waals surface area contributed by atoms with Crippen LogP contribution < -0.4 is 10.6 Å². The molecule has 2 atom stereocenters. The normalized spacial score (nSPS) is 22.6. The maximum Gasteiger partial charge on any atom is 0.303 e. The van der Waals surface area contributed by atoms with E-state index >= 15 is 0 Å². The smallest absolute Gasteiger partial charge is 0.303 e. The van der Waals surface area contributed by atoms with Gasteiger partial charge >= 0.3 is 5.97 Å². The molecular formula is C23H28Cl2N4O2. The average molecular weight is 463 g/mol. The summed E-state index contributed by atoms with van der Waals surface area (Å²) in [4.78, 5) is 18.8. The van der Waals surface area contributed by atoms with E-state index in [9.17, 15) is 4.79 Å². The van der Waals surface area contributed by atoms with Crippen molar-refractivity contribution in [1.29, 1.82) is 0 Å². The van der Waals surface area contributed by atoms with E-state index in [0.717, 1.165) is 50.0 Å². The summed E-state index contributed by atoms with van der Waals surface area (Å²) in [5.74, 6) is -0.248. The highest BCUT2D eigenvalue weighted by Crippen LogP contribution is 2.32. The molecule has 0 radical (unpaired) electrons. The highest BCUT2D eigenvalue weighted by molar-refractivity contribution is 6.31. The molecule has 0 aliphatic carbocycles. The second kappa shape index (κ2) is 9.65. The molecular weight excluding hydrogens is 435 g/mol. The van der Waals surface area contributed by atoms with Crippen LogP contribution in [0.2, 0.25) is 10.0 Å². The van der Waals surface area contributed by atoms with Crippen molar-refractivity contribution in [2.45, 2.75) is 25.6 Å². The van der Waals surface area contributed by atoms with Crippen molar-refractivity contribution in [2.75, 3.05) is 49.9 Å². The van der Waals surface area contributed by atoms with Crippen LogP contribution in [0, 0.1) is 0 Å². The van der Waals surface area contributed by atoms with Crippen LogP contribution in [-0.4, -0.2) is 67.2 Å². The summed E-state index contributed by atoms with van der Waals surface area (Å²) in [6.07, 6.45) is -0.185. The molecule has 0 bridgehead atoms. The molecule has 2 heterocycles. The van der Waals surface area contributed by atoms with Crippen LogP contribution in [0.15, 0.2) is 42.5 Å². The van der Waals surface area contributed by atoms with Gasteiger partial charge in [-0.1, -0.05) is 35.3 Å². The van der Waals surface area contributed by atoms with Crippen LogP contribution in [0.25, 0.3) is 0 Å². The molecule has 0 spiro atoms. The molecule has 31 heavy (non-hydrogen) atoms. The Hall–Kier alpha value is -1.99. The number of piperazine rings is 1. The Balaban J connectivity index is 1.40. The number of nitrogens with two attached hydrogens (primary N) is 1. The number of ether oxygens (including phenoxy) is 1. The van der Waals surface area contributed by atoms with Gasteiger partial charge in [-0.3, -0.25) is 14.6 Å². The fraction of sp³-hybridized carbons (Fsp3) is 0.435. The minimum absolute atomic E-state index is 0.136. The number of esters is 1. The van der Waals surface area contributed by atoms with Crippen molar-refractivity contribution in [2.24, 2.45) is 0 Å². The van der Waals surface area contributed by atoms with E-state index in [0.29, 0.717) is 17.3 Å². The minimum Gasteiger partial charge on any atom is -0.459 e. The van der Waals surface area contributed by atoms with Crippen molar-refractivity contribution in [3.63, 3.8) is 0 Å². The van der Waals surface area contributed by atoms with E-state index in [4.69, 9.17) is 33.7 Å². The first-order valence-corrected chi connectivity index (χ1v) is 11.3. The molecule has 6 nitrogen and oxygen atoms in total. The van der Waals surface area contributed by atoms with Gasteiger partial charge in [0, 0.05) is 56.2 Å². The first kappa shape index (κ1) is 22.2. The van der Waals surface area contributed by atoms with Gasteiger partial charge in [0.2, 0.25) is 0 Å². The van der Waals surface area contributed by atoms with E-state index in [1.54, 1.807) is 6.07 Å². The number of hydrogen-bond acceptors (Lipinski definition) is 6. The lowest BCUT2D eigenvalue weighted by Crippen LogP contribution is -2.54. The van der Waals surface area contributed by atoms with Crippen LogP contribution in [0.4, 0.5) is 11.4 Å². The summed E-state index contributed by atoms with van der Waals surface area (Å²) >= 11 is 12.1. The molecule has 2 unspecified atom stereocenters. The van der Waals surface area contributed by atoms with Crippen molar-refractivity contribution in [1.82, 2.24) is 9.80 Å². The Morgan fingerprint density at radius 1 is 1.03 bits per heavy atom. The van der Waals surface area contributed by atoms with Crippen LogP contribution in [0.5, 0.6) is 0 Å². The zero-order valence-corrected chi connectivity index (χ0v) is 19.1. The zero-order chi connectivity index (χ0) is 22.0. The van der Waals surface area contributed by atoms with Crippen molar-refractivity contribution in [3.05, 3.63) is 58.1 Å². The third-order valence-electron chi connectivity index (χ3n) is 6.08. The third-order valence-corrected chi connectivity index (χ3v) is 6.57. The Kier molecular flexibility index (Phi) is 6.92. The molecule has 2 aliphatic rings. The average Bonchev–Trinajstić information content (AvgIpc) is 3.13. The highest BCUT2D eigenvalue weighted by Gasteiger charge is 2.40. The molecule has 2 aliphatic heterocycles. The number of halogens is 2. The SMILES string of the molecule is CC(=O)OC1CN(c2ccc(Cl)cc2N)CC1N1CCN(Cc2ccc(Cl)cc2)CC1. The number of carbonyl (C=O) groups is 1. The number of nitrogens with zero attached hydrogens (tertiary/aromatic N) is 3. The second-order valence-corrected chi connectivity index (χ2v) is 9.13. The minimum atomic E-state index is -0.248. The number of benzene rings is 2. The Morgan fingerprint density at radius 3 is 2.35 bits per heavy atom. The van der Waals surface area contributed by atoms with E-state index in [2.05, 4.69) is 26.8 Å². The monoisotopic (exact) mass is 462 g/mol. The van der Waals surface area contributed by atoms with Gasteiger partial charge in [0.15, 0.2) is 0 Å². The molecule has 0 saturated carbocycles. The summed E-state index contributed by atoms with van der Waals surface area (Å²) in [5.41, 5.74) is 9.05. The van der Waals surface area contributed by atoms with E-state index in [1.165, 1.54) is 12.5 Å². The molecule has 2 saturated heterocycles. The van der Waals surface area contributed by atoms with E-state index in [1.807, 2.05) is 24.3 Å². The van der Waals surface area contributed by atoms with Gasteiger partial charge < -0.3 is 15.4 Å². The molecule has 0 amide bonds. The lowest BCUT2D eigenvalue weighted by Gasteiger charge is -2.39. The summed E-state index contributed by atoms with van der Waals surface area (Å²) in [5, 5.41) is 1.38. The van der Waals surface area contributed by atoms with E-state index < -0.39 is 0 Å². The van der Waals surface area contributed by atoms with Crippen LogP contribution >= 0.6 is 23.2 Å². The van der Waals surface area contributed by atoms with Gasteiger partial charge in [-0.05, 0) is 35.9 Å². The number of nitrogen functional groups attached to an aromatic ring is 1. The van der Waals surface area contributed by atoms with Gasteiger partial charge in [-0.15, -0.1) is 0 Å². The zero-order valence-electron chi connectivity index (χ0n) is 17.6. The predicted molar refractivity (Wildman–Crippen MR) is 126 cm³/mol. The molecule has 4 rings (SSSR count). The quantitative estimate of drug-likeness (QED) is 0.541. The summed E-state index contributed by atoms with van der Waals surface area (Å²) < 4.78 is 5.71. The third kappa shape index (κ3) is 5.44. The maximum absolute atomic E-state index is 11.7. The summed E-state index contributed by atoms with van der Waals surface area (Å²) in [6, 6.07) is 13.7. The fourth-order valence-corrected chi connectivity index (χ4v) is 4.85. The lowest BCUT2D eigenvalue weighted by atomic mass is 10.1. The molecule has 2 fully saturated rings. The largest absolute Gasteiger partial charge is 0.459 e. The fourth-order valence-electron chi connectivity index (χ4n) is 4.55. The number of anilines is 2. The van der Waals surface area contributed by atoms with Gasteiger partial charge in [-0.25, -0.2) is 0 Å². The standard InChI is InChI=1S/C23H28Cl2N4O2/c1-16(30)31-23-15-29(21-7-6-19(25)12-20(21)26)14-22(23)28-10-8-27(9-11-28)13-17-2-4-18(24)5-3-17/h2-7,12,22-23H,8-11,13-15,26H2,1H3. The van der Waals surface area contributed by atoms with Crippen molar-refractivity contribution >= 4 is 40.5 Å². The Labute approximate surface area is 193 Å². The van der Waals surface area contributed by atoms with Crippen LogP contribution in [0.3, 0.4) is 0 Å². The van der Waals surface area contributed by atoms with Gasteiger partial charge in [0.25, 0.3) is 0 Å². The topological polar surface area (TPSA) is 62.0 Å². The predicted octanol–water partition coefficient (Wildman–Crippen LogP) is 3.51. The first-order valence-electron chi connectivity index (χ1n) is 10.6. The molecule has 2 N–H and O–H groups in total. The summed E-state index contributed by atoms with van der Waals surface area (Å²) in [7, 11) is 0. The Bertz CT molecular complexity index is 916. The van der Waals surface area contributed by atoms with E-state index in [-0.39, 0.29) is 18.1 Å². The molecule has 2 aromatic rings. The number of hydrogen-bond donors (Lipinski definition) is 1. The Morgan fingerprint density at radius 2 is 1.71 bits per heavy atom. The number of rotatable bonds is 5. The molecule has 0 aromatic heterocycles. The van der Waals surface area contributed by atoms with Crippen molar-refractivity contribution < 1.29 is 9.53 Å². The second-order valence-electron chi connectivity index (χ2n) is 8.26. The van der Waals surface area contributed by atoms with Crippen molar-refractivity contribution in [3.8, 4) is 0 Å². The van der Waals surface area contributed by atoms with Gasteiger partial charge in [0.05, 0.1) is 24.0 Å². The van der Waals surface area contributed by atoms with Gasteiger partial charge in [0.1, 0.15) is 6.10 Å². The molecule has 8 heteroatoms.